The van der Waals surface area contributed by atoms with Gasteiger partial charge in [0.1, 0.15) is 12.4 Å². The van der Waals surface area contributed by atoms with Gasteiger partial charge in [-0.1, -0.05) is 13.0 Å². The van der Waals surface area contributed by atoms with E-state index in [2.05, 4.69) is 21.9 Å². The van der Waals surface area contributed by atoms with Crippen LogP contribution in [0.15, 0.2) is 48.8 Å². The summed E-state index contributed by atoms with van der Waals surface area (Å²) in [6.45, 7) is 4.66. The maximum absolute atomic E-state index is 12.5. The van der Waals surface area contributed by atoms with Gasteiger partial charge in [0.15, 0.2) is 0 Å². The summed E-state index contributed by atoms with van der Waals surface area (Å²) in [4.78, 5) is 3.99. The lowest BCUT2D eigenvalue weighted by atomic mass is 10.0. The molecular weight excluding hydrogens is 404 g/mol. The van der Waals surface area contributed by atoms with Crippen molar-refractivity contribution >= 4 is 15.9 Å². The van der Waals surface area contributed by atoms with E-state index in [1.807, 2.05) is 6.07 Å². The first-order chi connectivity index (χ1) is 14.4. The molecule has 0 saturated carbocycles. The first-order valence-corrected chi connectivity index (χ1v) is 11.7. The maximum atomic E-state index is 12.5. The summed E-state index contributed by atoms with van der Waals surface area (Å²) >= 11 is 0. The van der Waals surface area contributed by atoms with Crippen LogP contribution in [0.3, 0.4) is 0 Å². The Hall–Kier alpha value is -2.20. The molecule has 8 nitrogen and oxygen atoms in total. The average molecular weight is 435 g/mol. The summed E-state index contributed by atoms with van der Waals surface area (Å²) in [5.74, 6) is 1.22. The highest BCUT2D eigenvalue weighted by molar-refractivity contribution is 7.90. The lowest BCUT2D eigenvalue weighted by Crippen LogP contribution is -2.41. The Bertz CT molecular complexity index is 870. The molecule has 3 N–H and O–H groups in total. The molecule has 0 spiro atoms. The topological polar surface area (TPSA) is 104 Å². The fourth-order valence-corrected chi connectivity index (χ4v) is 4.48. The second-order valence-corrected chi connectivity index (χ2v) is 9.24. The number of aromatic nitrogens is 1. The molecule has 2 aromatic rings. The summed E-state index contributed by atoms with van der Waals surface area (Å²) in [5, 5.41) is 13.2. The molecule has 0 aliphatic carbocycles. The fourth-order valence-electron chi connectivity index (χ4n) is 3.23. The van der Waals surface area contributed by atoms with Crippen LogP contribution in [0.25, 0.3) is 0 Å². The van der Waals surface area contributed by atoms with Crippen LogP contribution in [0.4, 0.5) is 5.69 Å². The first-order valence-electron chi connectivity index (χ1n) is 10.2. The van der Waals surface area contributed by atoms with Crippen molar-refractivity contribution in [1.82, 2.24) is 14.6 Å². The zero-order chi connectivity index (χ0) is 21.4. The molecule has 30 heavy (non-hydrogen) atoms. The van der Waals surface area contributed by atoms with Crippen LogP contribution >= 0.6 is 0 Å². The Labute approximate surface area is 178 Å². The summed E-state index contributed by atoms with van der Waals surface area (Å²) < 4.78 is 34.8. The summed E-state index contributed by atoms with van der Waals surface area (Å²) in [6.07, 6.45) is 4.47. The van der Waals surface area contributed by atoms with Gasteiger partial charge in [-0.3, -0.25) is 9.71 Å². The smallest absolute Gasteiger partial charge is 0.301 e. The summed E-state index contributed by atoms with van der Waals surface area (Å²) in [6, 6.07) is 10.5. The number of hydrogen-bond donors (Lipinski definition) is 3. The third-order valence-electron chi connectivity index (χ3n) is 5.14. The van der Waals surface area contributed by atoms with Crippen LogP contribution in [0.1, 0.15) is 31.4 Å². The van der Waals surface area contributed by atoms with Crippen LogP contribution in [0, 0.1) is 5.92 Å². The van der Waals surface area contributed by atoms with E-state index in [-0.39, 0.29) is 0 Å². The van der Waals surface area contributed by atoms with E-state index < -0.39 is 16.3 Å². The third kappa shape index (κ3) is 6.66. The van der Waals surface area contributed by atoms with Gasteiger partial charge in [-0.25, -0.2) is 0 Å². The van der Waals surface area contributed by atoms with Gasteiger partial charge in [-0.05, 0) is 49.1 Å². The Balaban J connectivity index is 1.38. The normalized spacial score (nSPS) is 16.9. The predicted molar refractivity (Wildman–Crippen MR) is 117 cm³/mol. The zero-order valence-electron chi connectivity index (χ0n) is 17.2. The molecule has 1 aromatic carbocycles. The van der Waals surface area contributed by atoms with E-state index in [0.29, 0.717) is 50.1 Å². The lowest BCUT2D eigenvalue weighted by molar-refractivity contribution is 0.171. The molecule has 0 bridgehead atoms. The van der Waals surface area contributed by atoms with Gasteiger partial charge in [0.25, 0.3) is 0 Å². The van der Waals surface area contributed by atoms with Gasteiger partial charge in [0, 0.05) is 44.1 Å². The number of piperidine rings is 1. The SMILES string of the molecule is CC1CCN(S(=O)(=O)Nc2ccc(OCCNC[C@H](O)c3cccnc3)cc2)CC1. The predicted octanol–water partition coefficient (Wildman–Crippen LogP) is 2.17. The van der Waals surface area contributed by atoms with E-state index >= 15 is 0 Å². The Morgan fingerprint density at radius 2 is 1.97 bits per heavy atom. The molecule has 2 heterocycles. The number of aliphatic hydroxyl groups is 1. The number of nitrogens with one attached hydrogen (secondary N) is 2. The Kier molecular flexibility index (Phi) is 8.03. The highest BCUT2D eigenvalue weighted by atomic mass is 32.2. The Morgan fingerprint density at radius 3 is 2.63 bits per heavy atom. The molecule has 1 fully saturated rings. The molecule has 1 aliphatic rings. The quantitative estimate of drug-likeness (QED) is 0.495. The largest absolute Gasteiger partial charge is 0.492 e. The minimum Gasteiger partial charge on any atom is -0.492 e. The van der Waals surface area contributed by atoms with Gasteiger partial charge >= 0.3 is 10.2 Å². The van der Waals surface area contributed by atoms with Crippen molar-refractivity contribution in [2.75, 3.05) is 37.5 Å². The second kappa shape index (κ2) is 10.7. The number of nitrogens with zero attached hydrogens (tertiary/aromatic N) is 2. The number of ether oxygens (including phenoxy) is 1. The number of hydrogen-bond acceptors (Lipinski definition) is 6. The van der Waals surface area contributed by atoms with Crippen LogP contribution in [0.5, 0.6) is 5.75 Å². The second-order valence-electron chi connectivity index (χ2n) is 7.57. The number of pyridine rings is 1. The van der Waals surface area contributed by atoms with E-state index in [0.717, 1.165) is 18.4 Å². The van der Waals surface area contributed by atoms with Crippen molar-refractivity contribution in [2.24, 2.45) is 5.92 Å². The summed E-state index contributed by atoms with van der Waals surface area (Å²) in [7, 11) is -3.52. The van der Waals surface area contributed by atoms with Gasteiger partial charge in [-0.2, -0.15) is 12.7 Å². The van der Waals surface area contributed by atoms with E-state index in [1.54, 1.807) is 42.7 Å². The molecule has 9 heteroatoms. The molecule has 1 aromatic heterocycles. The average Bonchev–Trinajstić information content (AvgIpc) is 2.75. The van der Waals surface area contributed by atoms with Gasteiger partial charge in [0.05, 0.1) is 11.8 Å². The van der Waals surface area contributed by atoms with Crippen LogP contribution < -0.4 is 14.8 Å². The van der Waals surface area contributed by atoms with E-state index in [1.165, 1.54) is 4.31 Å². The molecule has 0 unspecified atom stereocenters. The van der Waals surface area contributed by atoms with Crippen molar-refractivity contribution < 1.29 is 18.3 Å². The first kappa shape index (κ1) is 22.5. The van der Waals surface area contributed by atoms with Gasteiger partial charge < -0.3 is 15.2 Å². The van der Waals surface area contributed by atoms with Crippen LogP contribution in [0.2, 0.25) is 0 Å². The van der Waals surface area contributed by atoms with Crippen molar-refractivity contribution in [3.8, 4) is 5.75 Å². The number of aliphatic hydroxyl groups excluding tert-OH is 1. The minimum atomic E-state index is -3.52. The fraction of sp³-hybridized carbons (Fsp3) is 0.476. The zero-order valence-corrected chi connectivity index (χ0v) is 18.0. The number of benzene rings is 1. The van der Waals surface area contributed by atoms with Gasteiger partial charge in [0.2, 0.25) is 0 Å². The number of rotatable bonds is 10. The molecular formula is C21H30N4O4S. The van der Waals surface area contributed by atoms with Crippen LogP contribution in [-0.4, -0.2) is 55.6 Å². The maximum Gasteiger partial charge on any atom is 0.301 e. The van der Waals surface area contributed by atoms with Crippen LogP contribution in [-0.2, 0) is 10.2 Å². The monoisotopic (exact) mass is 434 g/mol. The Morgan fingerprint density at radius 1 is 1.23 bits per heavy atom. The molecule has 1 aliphatic heterocycles. The van der Waals surface area contributed by atoms with E-state index in [9.17, 15) is 13.5 Å². The molecule has 0 radical (unpaired) electrons. The lowest BCUT2D eigenvalue weighted by Gasteiger charge is -2.29. The molecule has 3 rings (SSSR count). The van der Waals surface area contributed by atoms with Crippen molar-refractivity contribution in [2.45, 2.75) is 25.9 Å². The molecule has 0 amide bonds. The molecule has 1 saturated heterocycles. The third-order valence-corrected chi connectivity index (χ3v) is 6.68. The van der Waals surface area contributed by atoms with Crippen molar-refractivity contribution in [1.29, 1.82) is 0 Å². The standard InChI is InChI=1S/C21H30N4O4S/c1-17-8-12-25(13-9-17)30(27,28)24-19-4-6-20(7-5-19)29-14-11-23-16-21(26)18-3-2-10-22-15-18/h2-7,10,15,17,21,23-24,26H,8-9,11-14,16H2,1H3/t21-/m0/s1. The van der Waals surface area contributed by atoms with E-state index in [4.69, 9.17) is 4.74 Å². The minimum absolute atomic E-state index is 0.408. The van der Waals surface area contributed by atoms with Crippen molar-refractivity contribution in [3.63, 3.8) is 0 Å². The molecule has 1 atom stereocenters. The highest BCUT2D eigenvalue weighted by Crippen LogP contribution is 2.21. The summed E-state index contributed by atoms with van der Waals surface area (Å²) in [5.41, 5.74) is 1.28. The number of anilines is 1. The van der Waals surface area contributed by atoms with Gasteiger partial charge in [-0.15, -0.1) is 0 Å². The highest BCUT2D eigenvalue weighted by Gasteiger charge is 2.26. The van der Waals surface area contributed by atoms with Crippen molar-refractivity contribution in [3.05, 3.63) is 54.4 Å². The molecule has 164 valence electrons.